The van der Waals surface area contributed by atoms with Gasteiger partial charge in [-0.3, -0.25) is 4.79 Å². The minimum Gasteiger partial charge on any atom is -0.424 e. The highest BCUT2D eigenvalue weighted by molar-refractivity contribution is 5.83. The van der Waals surface area contributed by atoms with Crippen LogP contribution in [-0.2, 0) is 0 Å². The summed E-state index contributed by atoms with van der Waals surface area (Å²) in [5.41, 5.74) is 3.55. The molecule has 3 aromatic carbocycles. The molecule has 0 fully saturated rings. The third-order valence-electron chi connectivity index (χ3n) is 5.09. The topological polar surface area (TPSA) is 104 Å². The average Bonchev–Trinajstić information content (AvgIpc) is 3.43. The van der Waals surface area contributed by atoms with Crippen LogP contribution in [-0.4, -0.2) is 24.9 Å². The van der Waals surface area contributed by atoms with Gasteiger partial charge in [-0.1, -0.05) is 54.6 Å². The molecule has 0 aliphatic heterocycles. The second-order valence-electron chi connectivity index (χ2n) is 7.20. The molecule has 32 heavy (non-hydrogen) atoms. The minimum atomic E-state index is -0.428. The second kappa shape index (κ2) is 7.21. The molecular weight excluding hydrogens is 404 g/mol. The van der Waals surface area contributed by atoms with Crippen LogP contribution >= 0.6 is 0 Å². The molecule has 2 N–H and O–H groups in total. The van der Waals surface area contributed by atoms with Gasteiger partial charge in [0.1, 0.15) is 5.76 Å². The van der Waals surface area contributed by atoms with E-state index in [1.54, 1.807) is 4.90 Å². The van der Waals surface area contributed by atoms with Gasteiger partial charge < -0.3 is 14.4 Å². The summed E-state index contributed by atoms with van der Waals surface area (Å²) in [5.74, 6) is 1.25. The zero-order valence-electron chi connectivity index (χ0n) is 16.7. The largest absolute Gasteiger partial charge is 0.424 e. The molecular formula is C24H16N6O2. The highest BCUT2D eigenvalue weighted by atomic mass is 16.4. The van der Waals surface area contributed by atoms with Crippen molar-refractivity contribution in [2.24, 2.45) is 0 Å². The van der Waals surface area contributed by atoms with Crippen molar-refractivity contribution in [2.45, 2.75) is 0 Å². The number of fused-ring (bicyclic) bond motifs is 2. The van der Waals surface area contributed by atoms with Crippen LogP contribution < -0.4 is 10.5 Å². The number of para-hydroxylation sites is 4. The van der Waals surface area contributed by atoms with Crippen LogP contribution in [0.5, 0.6) is 0 Å². The fourth-order valence-corrected chi connectivity index (χ4v) is 3.60. The van der Waals surface area contributed by atoms with E-state index in [1.807, 2.05) is 78.9 Å². The molecule has 3 heterocycles. The smallest absolute Gasteiger partial charge is 0.315 e. The van der Waals surface area contributed by atoms with Gasteiger partial charge in [0.25, 0.3) is 5.56 Å². The summed E-state index contributed by atoms with van der Waals surface area (Å²) in [5, 5.41) is 0. The second-order valence-corrected chi connectivity index (χ2v) is 7.20. The van der Waals surface area contributed by atoms with Crippen molar-refractivity contribution in [2.75, 3.05) is 4.90 Å². The number of rotatable bonds is 4. The molecule has 154 valence electrons. The summed E-state index contributed by atoms with van der Waals surface area (Å²) in [4.78, 5) is 34.1. The van der Waals surface area contributed by atoms with Crippen LogP contribution in [0.2, 0.25) is 0 Å². The molecule has 0 bridgehead atoms. The fraction of sp³-hybridized carbons (Fsp3) is 0. The number of aromatic nitrogens is 5. The van der Waals surface area contributed by atoms with E-state index in [2.05, 4.69) is 24.9 Å². The van der Waals surface area contributed by atoms with Crippen molar-refractivity contribution in [3.8, 4) is 11.3 Å². The monoisotopic (exact) mass is 420 g/mol. The van der Waals surface area contributed by atoms with Gasteiger partial charge in [0.2, 0.25) is 11.9 Å². The summed E-state index contributed by atoms with van der Waals surface area (Å²) >= 11 is 0. The van der Waals surface area contributed by atoms with Gasteiger partial charge >= 0.3 is 6.01 Å². The maximum atomic E-state index is 12.5. The Morgan fingerprint density at radius 3 is 1.84 bits per heavy atom. The first kappa shape index (κ1) is 18.1. The Bertz CT molecular complexity index is 1480. The van der Waals surface area contributed by atoms with Crippen LogP contribution in [0.15, 0.2) is 94.1 Å². The lowest BCUT2D eigenvalue weighted by Crippen LogP contribution is -2.18. The van der Waals surface area contributed by atoms with Gasteiger partial charge in [0.05, 0.1) is 22.1 Å². The maximum Gasteiger partial charge on any atom is 0.315 e. The van der Waals surface area contributed by atoms with Crippen LogP contribution in [0, 0.1) is 0 Å². The number of nitrogens with one attached hydrogen (secondary N) is 2. The first-order valence-electron chi connectivity index (χ1n) is 10.0. The molecule has 0 aliphatic rings. The Labute approximate surface area is 181 Å². The van der Waals surface area contributed by atoms with Crippen molar-refractivity contribution in [3.63, 3.8) is 0 Å². The first-order valence-corrected chi connectivity index (χ1v) is 10.0. The van der Waals surface area contributed by atoms with Gasteiger partial charge in [0, 0.05) is 11.6 Å². The van der Waals surface area contributed by atoms with Crippen LogP contribution in [0.25, 0.3) is 33.4 Å². The van der Waals surface area contributed by atoms with E-state index >= 15 is 0 Å². The molecule has 0 saturated carbocycles. The highest BCUT2D eigenvalue weighted by Crippen LogP contribution is 2.33. The molecule has 6 rings (SSSR count). The fourth-order valence-electron chi connectivity index (χ4n) is 3.60. The predicted octanol–water partition coefficient (Wildman–Crippen LogP) is 4.92. The van der Waals surface area contributed by atoms with Gasteiger partial charge in [-0.25, -0.2) is 14.9 Å². The number of benzene rings is 3. The number of anilines is 3. The van der Waals surface area contributed by atoms with E-state index < -0.39 is 5.56 Å². The normalized spacial score (nSPS) is 11.2. The Kier molecular flexibility index (Phi) is 4.07. The quantitative estimate of drug-likeness (QED) is 0.419. The predicted molar refractivity (Wildman–Crippen MR) is 122 cm³/mol. The Balaban J connectivity index is 1.59. The lowest BCUT2D eigenvalue weighted by Gasteiger charge is -2.16. The molecule has 0 spiro atoms. The minimum absolute atomic E-state index is 0.0504. The lowest BCUT2D eigenvalue weighted by atomic mass is 10.2. The van der Waals surface area contributed by atoms with Gasteiger partial charge in [-0.05, 0) is 24.3 Å². The summed E-state index contributed by atoms with van der Waals surface area (Å²) in [6, 6.07) is 26.1. The number of nitrogens with zero attached hydrogens (tertiary/aromatic N) is 4. The van der Waals surface area contributed by atoms with Crippen LogP contribution in [0.1, 0.15) is 0 Å². The molecule has 6 aromatic rings. The maximum absolute atomic E-state index is 12.5. The zero-order valence-corrected chi connectivity index (χ0v) is 16.7. The Morgan fingerprint density at radius 1 is 0.688 bits per heavy atom. The van der Waals surface area contributed by atoms with Crippen molar-refractivity contribution in [1.82, 2.24) is 24.9 Å². The van der Waals surface area contributed by atoms with E-state index in [4.69, 9.17) is 4.42 Å². The summed E-state index contributed by atoms with van der Waals surface area (Å²) in [6.45, 7) is 0. The lowest BCUT2D eigenvalue weighted by molar-refractivity contribution is 0.545. The number of aromatic amines is 2. The third-order valence-corrected chi connectivity index (χ3v) is 5.09. The molecule has 0 atom stereocenters. The standard InChI is InChI=1S/C24H16N6O2/c31-21-14-20(15-8-2-1-3-9-15)32-24(29-21)30(22-25-16-10-4-5-11-17(16)26-22)23-27-18-12-6-7-13-19(18)28-23/h1-14H,(H,25,26)(H,27,28). The molecule has 0 unspecified atom stereocenters. The Hall–Kier alpha value is -4.72. The molecule has 0 saturated heterocycles. The van der Waals surface area contributed by atoms with Gasteiger partial charge in [0.15, 0.2) is 0 Å². The summed E-state index contributed by atoms with van der Waals surface area (Å²) in [7, 11) is 0. The van der Waals surface area contributed by atoms with E-state index in [0.717, 1.165) is 27.6 Å². The average molecular weight is 420 g/mol. The number of H-pyrrole nitrogens is 2. The highest BCUT2D eigenvalue weighted by Gasteiger charge is 2.24. The van der Waals surface area contributed by atoms with Crippen molar-refractivity contribution in [1.29, 1.82) is 0 Å². The molecule has 3 aromatic heterocycles. The molecule has 0 aliphatic carbocycles. The summed E-state index contributed by atoms with van der Waals surface area (Å²) < 4.78 is 6.10. The number of hydrogen-bond acceptors (Lipinski definition) is 6. The van der Waals surface area contributed by atoms with Crippen LogP contribution in [0.4, 0.5) is 17.9 Å². The molecule has 8 nitrogen and oxygen atoms in total. The Morgan fingerprint density at radius 2 is 1.25 bits per heavy atom. The number of hydrogen-bond donors (Lipinski definition) is 2. The van der Waals surface area contributed by atoms with Crippen LogP contribution in [0.3, 0.4) is 0 Å². The molecule has 0 amide bonds. The van der Waals surface area contributed by atoms with Crippen molar-refractivity contribution >= 4 is 40.0 Å². The van der Waals surface area contributed by atoms with Crippen molar-refractivity contribution < 1.29 is 4.42 Å². The van der Waals surface area contributed by atoms with Gasteiger partial charge in [-0.15, -0.1) is 0 Å². The van der Waals surface area contributed by atoms with E-state index in [0.29, 0.717) is 17.7 Å². The summed E-state index contributed by atoms with van der Waals surface area (Å²) in [6.07, 6.45) is 0. The molecule has 0 radical (unpaired) electrons. The third kappa shape index (κ3) is 3.10. The van der Waals surface area contributed by atoms with E-state index in [9.17, 15) is 4.79 Å². The van der Waals surface area contributed by atoms with Gasteiger partial charge in [-0.2, -0.15) is 4.98 Å². The number of imidazole rings is 2. The SMILES string of the molecule is O=c1cc(-c2ccccc2)oc(N(c2nc3ccccc3[nH]2)c2nc3ccccc3[nH]2)n1. The van der Waals surface area contributed by atoms with Crippen molar-refractivity contribution in [3.05, 3.63) is 95.3 Å². The first-order chi connectivity index (χ1) is 15.7. The van der Waals surface area contributed by atoms with E-state index in [-0.39, 0.29) is 6.01 Å². The molecule has 8 heteroatoms. The van der Waals surface area contributed by atoms with E-state index in [1.165, 1.54) is 6.07 Å². The zero-order chi connectivity index (χ0) is 21.5.